The molecule has 4 aromatic rings. The Morgan fingerprint density at radius 2 is 2.04 bits per heavy atom. The quantitative estimate of drug-likeness (QED) is 0.585. The van der Waals surface area contributed by atoms with Crippen LogP contribution in [0, 0.1) is 19.7 Å². The molecule has 8 nitrogen and oxygen atoms in total. The van der Waals surface area contributed by atoms with Gasteiger partial charge in [-0.3, -0.25) is 9.36 Å². The van der Waals surface area contributed by atoms with E-state index in [1.165, 1.54) is 18.5 Å². The predicted molar refractivity (Wildman–Crippen MR) is 98.5 cm³/mol. The van der Waals surface area contributed by atoms with Crippen molar-refractivity contribution >= 4 is 11.6 Å². The number of hydrogen-bond acceptors (Lipinski definition) is 6. The van der Waals surface area contributed by atoms with Crippen molar-refractivity contribution in [3.8, 4) is 17.3 Å². The first-order chi connectivity index (χ1) is 13.5. The minimum Gasteiger partial charge on any atom is -0.334 e. The smallest absolute Gasteiger partial charge is 0.275 e. The standard InChI is InChI=1S/C19H15FN6O2/c1-11-7-14(4-5-15(11)20)24-18(27)16-9-26(10-22-16)17-6-3-13(8-21-17)19-23-12(2)25-28-19/h3-10H,1-2H3,(H,24,27). The van der Waals surface area contributed by atoms with Crippen LogP contribution in [0.3, 0.4) is 0 Å². The van der Waals surface area contributed by atoms with Crippen molar-refractivity contribution in [1.29, 1.82) is 0 Å². The lowest BCUT2D eigenvalue weighted by atomic mass is 10.2. The molecule has 4 rings (SSSR count). The number of aryl methyl sites for hydroxylation is 2. The second-order valence-electron chi connectivity index (χ2n) is 6.14. The summed E-state index contributed by atoms with van der Waals surface area (Å²) in [6.07, 6.45) is 4.65. The van der Waals surface area contributed by atoms with Crippen molar-refractivity contribution in [2.75, 3.05) is 5.32 Å². The molecule has 3 aromatic heterocycles. The molecule has 0 radical (unpaired) electrons. The van der Waals surface area contributed by atoms with Gasteiger partial charge >= 0.3 is 0 Å². The number of nitrogens with zero attached hydrogens (tertiary/aromatic N) is 5. The minimum absolute atomic E-state index is 0.209. The summed E-state index contributed by atoms with van der Waals surface area (Å²) >= 11 is 0. The van der Waals surface area contributed by atoms with Gasteiger partial charge in [-0.1, -0.05) is 5.16 Å². The number of benzene rings is 1. The van der Waals surface area contributed by atoms with Gasteiger partial charge in [0, 0.05) is 18.1 Å². The zero-order chi connectivity index (χ0) is 19.7. The SMILES string of the molecule is Cc1noc(-c2ccc(-n3cnc(C(=O)Nc4ccc(F)c(C)c4)c3)nc2)n1. The van der Waals surface area contributed by atoms with Gasteiger partial charge in [-0.2, -0.15) is 4.98 Å². The Balaban J connectivity index is 1.50. The zero-order valence-corrected chi connectivity index (χ0v) is 15.0. The fraction of sp³-hybridized carbons (Fsp3) is 0.105. The monoisotopic (exact) mass is 378 g/mol. The van der Waals surface area contributed by atoms with E-state index in [2.05, 4.69) is 25.4 Å². The van der Waals surface area contributed by atoms with Crippen LogP contribution in [0.1, 0.15) is 21.9 Å². The number of nitrogens with one attached hydrogen (secondary N) is 1. The van der Waals surface area contributed by atoms with Crippen LogP contribution >= 0.6 is 0 Å². The highest BCUT2D eigenvalue weighted by Crippen LogP contribution is 2.18. The van der Waals surface area contributed by atoms with Crippen molar-refractivity contribution in [3.63, 3.8) is 0 Å². The summed E-state index contributed by atoms with van der Waals surface area (Å²) in [6, 6.07) is 7.90. The lowest BCUT2D eigenvalue weighted by Gasteiger charge is -2.05. The zero-order valence-electron chi connectivity index (χ0n) is 15.0. The number of hydrogen-bond donors (Lipinski definition) is 1. The Labute approximate surface area is 159 Å². The number of aromatic nitrogens is 5. The van der Waals surface area contributed by atoms with Crippen molar-refractivity contribution in [2.45, 2.75) is 13.8 Å². The van der Waals surface area contributed by atoms with E-state index in [-0.39, 0.29) is 11.5 Å². The first-order valence-electron chi connectivity index (χ1n) is 8.38. The maximum atomic E-state index is 13.3. The second kappa shape index (κ2) is 7.03. The van der Waals surface area contributed by atoms with Crippen LogP contribution in [0.4, 0.5) is 10.1 Å². The van der Waals surface area contributed by atoms with Crippen LogP contribution in [0.5, 0.6) is 0 Å². The lowest BCUT2D eigenvalue weighted by Crippen LogP contribution is -2.12. The van der Waals surface area contributed by atoms with Crippen molar-refractivity contribution < 1.29 is 13.7 Å². The molecule has 140 valence electrons. The van der Waals surface area contributed by atoms with Gasteiger partial charge in [0.25, 0.3) is 11.8 Å². The first kappa shape index (κ1) is 17.5. The fourth-order valence-electron chi connectivity index (χ4n) is 2.56. The van der Waals surface area contributed by atoms with Crippen molar-refractivity contribution in [3.05, 3.63) is 72.0 Å². The third kappa shape index (κ3) is 3.50. The molecule has 0 saturated carbocycles. The van der Waals surface area contributed by atoms with Crippen LogP contribution in [0.2, 0.25) is 0 Å². The van der Waals surface area contributed by atoms with Crippen molar-refractivity contribution in [1.82, 2.24) is 24.7 Å². The largest absolute Gasteiger partial charge is 0.334 e. The highest BCUT2D eigenvalue weighted by molar-refractivity contribution is 6.02. The molecule has 1 N–H and O–H groups in total. The molecule has 0 aliphatic carbocycles. The van der Waals surface area contributed by atoms with Gasteiger partial charge in [-0.25, -0.2) is 14.4 Å². The number of pyridine rings is 1. The molecule has 0 aliphatic rings. The molecule has 0 atom stereocenters. The van der Waals surface area contributed by atoms with E-state index >= 15 is 0 Å². The highest BCUT2D eigenvalue weighted by atomic mass is 19.1. The minimum atomic E-state index is -0.400. The van der Waals surface area contributed by atoms with Crippen LogP contribution < -0.4 is 5.32 Å². The molecular formula is C19H15FN6O2. The second-order valence-corrected chi connectivity index (χ2v) is 6.14. The fourth-order valence-corrected chi connectivity index (χ4v) is 2.56. The molecule has 0 bridgehead atoms. The Kier molecular flexibility index (Phi) is 4.40. The molecule has 0 fully saturated rings. The molecular weight excluding hydrogens is 363 g/mol. The Morgan fingerprint density at radius 1 is 1.18 bits per heavy atom. The van der Waals surface area contributed by atoms with Crippen LogP contribution in [0.25, 0.3) is 17.3 Å². The summed E-state index contributed by atoms with van der Waals surface area (Å²) in [5.41, 5.74) is 1.84. The number of rotatable bonds is 4. The van der Waals surface area contributed by atoms with Gasteiger partial charge < -0.3 is 9.84 Å². The van der Waals surface area contributed by atoms with Crippen LogP contribution in [-0.2, 0) is 0 Å². The lowest BCUT2D eigenvalue weighted by molar-refractivity contribution is 0.102. The summed E-state index contributed by atoms with van der Waals surface area (Å²) in [5, 5.41) is 6.44. The van der Waals surface area contributed by atoms with Crippen LogP contribution in [0.15, 0.2) is 53.6 Å². The molecule has 0 spiro atoms. The average molecular weight is 378 g/mol. The molecule has 0 aliphatic heterocycles. The van der Waals surface area contributed by atoms with E-state index in [1.807, 2.05) is 0 Å². The van der Waals surface area contributed by atoms with Crippen LogP contribution in [-0.4, -0.2) is 30.6 Å². The number of imidazole rings is 1. The predicted octanol–water partition coefficient (Wildman–Crippen LogP) is 3.33. The highest BCUT2D eigenvalue weighted by Gasteiger charge is 2.12. The van der Waals surface area contributed by atoms with E-state index in [4.69, 9.17) is 4.52 Å². The maximum Gasteiger partial charge on any atom is 0.275 e. The van der Waals surface area contributed by atoms with E-state index in [9.17, 15) is 9.18 Å². The summed E-state index contributed by atoms with van der Waals surface area (Å²) < 4.78 is 20.1. The van der Waals surface area contributed by atoms with E-state index in [1.54, 1.807) is 49.0 Å². The maximum absolute atomic E-state index is 13.3. The topological polar surface area (TPSA) is 98.7 Å². The molecule has 1 aromatic carbocycles. The number of amides is 1. The normalized spacial score (nSPS) is 10.8. The first-order valence-corrected chi connectivity index (χ1v) is 8.38. The summed E-state index contributed by atoms with van der Waals surface area (Å²) in [7, 11) is 0. The van der Waals surface area contributed by atoms with E-state index in [0.29, 0.717) is 34.3 Å². The summed E-state index contributed by atoms with van der Waals surface area (Å²) in [6.45, 7) is 3.37. The van der Waals surface area contributed by atoms with Gasteiger partial charge in [0.05, 0.1) is 5.56 Å². The Hall–Kier alpha value is -3.88. The van der Waals surface area contributed by atoms with E-state index in [0.717, 1.165) is 0 Å². The number of carbonyl (C=O) groups is 1. The molecule has 9 heteroatoms. The Bertz CT molecular complexity index is 1150. The summed E-state index contributed by atoms with van der Waals surface area (Å²) in [4.78, 5) is 25.0. The third-order valence-electron chi connectivity index (χ3n) is 4.02. The molecule has 0 unspecified atom stereocenters. The summed E-state index contributed by atoms with van der Waals surface area (Å²) in [5.74, 6) is 0.775. The van der Waals surface area contributed by atoms with Gasteiger partial charge in [0.15, 0.2) is 5.82 Å². The van der Waals surface area contributed by atoms with Gasteiger partial charge in [-0.05, 0) is 49.7 Å². The third-order valence-corrected chi connectivity index (χ3v) is 4.02. The molecule has 0 saturated heterocycles. The van der Waals surface area contributed by atoms with Gasteiger partial charge in [0.1, 0.15) is 23.7 Å². The average Bonchev–Trinajstić information content (AvgIpc) is 3.34. The van der Waals surface area contributed by atoms with Gasteiger partial charge in [0.2, 0.25) is 0 Å². The molecule has 28 heavy (non-hydrogen) atoms. The van der Waals surface area contributed by atoms with E-state index < -0.39 is 5.91 Å². The molecule has 1 amide bonds. The number of carbonyl (C=O) groups excluding carboxylic acids is 1. The number of halogens is 1. The van der Waals surface area contributed by atoms with Gasteiger partial charge in [-0.15, -0.1) is 0 Å². The number of anilines is 1. The van der Waals surface area contributed by atoms with Crippen molar-refractivity contribution in [2.24, 2.45) is 0 Å². The molecule has 3 heterocycles. The Morgan fingerprint density at radius 3 is 2.71 bits per heavy atom.